The Kier molecular flexibility index (Phi) is 4.18. The molecule has 0 amide bonds. The molecule has 0 radical (unpaired) electrons. The number of hydrogen-bond donors (Lipinski definition) is 1. The van der Waals surface area contributed by atoms with E-state index in [1.807, 2.05) is 43.3 Å². The molecule has 1 atom stereocenters. The van der Waals surface area contributed by atoms with Gasteiger partial charge in [0.15, 0.2) is 0 Å². The van der Waals surface area contributed by atoms with E-state index in [9.17, 15) is 0 Å². The maximum Gasteiger partial charge on any atom is 0.213 e. The van der Waals surface area contributed by atoms with Gasteiger partial charge in [0.1, 0.15) is 6.61 Å². The third-order valence-electron chi connectivity index (χ3n) is 2.62. The standard InChI is InChI=1S/C14H15ClN2O/c1-10(16)11-6-7-14(17-8-11)18-9-12-4-2-3-5-13(12)15/h2-8,10H,9,16H2,1H3/t10-/m1/s1. The third-order valence-corrected chi connectivity index (χ3v) is 2.99. The summed E-state index contributed by atoms with van der Waals surface area (Å²) >= 11 is 6.04. The van der Waals surface area contributed by atoms with Gasteiger partial charge in [0.25, 0.3) is 0 Å². The molecule has 0 aliphatic carbocycles. The Morgan fingerprint density at radius 1 is 1.28 bits per heavy atom. The molecule has 0 unspecified atom stereocenters. The van der Waals surface area contributed by atoms with Crippen LogP contribution in [0.1, 0.15) is 24.1 Å². The van der Waals surface area contributed by atoms with Crippen LogP contribution in [0.5, 0.6) is 5.88 Å². The van der Waals surface area contributed by atoms with Crippen LogP contribution >= 0.6 is 11.6 Å². The van der Waals surface area contributed by atoms with Gasteiger partial charge in [-0.3, -0.25) is 0 Å². The number of aromatic nitrogens is 1. The van der Waals surface area contributed by atoms with Crippen LogP contribution in [0.25, 0.3) is 0 Å². The first-order valence-corrected chi connectivity index (χ1v) is 6.12. The molecule has 0 saturated carbocycles. The molecular formula is C14H15ClN2O. The first-order valence-electron chi connectivity index (χ1n) is 5.74. The van der Waals surface area contributed by atoms with Gasteiger partial charge in [0.05, 0.1) is 0 Å². The number of halogens is 1. The Morgan fingerprint density at radius 2 is 2.06 bits per heavy atom. The van der Waals surface area contributed by atoms with Crippen LogP contribution in [0.3, 0.4) is 0 Å². The predicted octanol–water partition coefficient (Wildman–Crippen LogP) is 3.33. The van der Waals surface area contributed by atoms with Crippen LogP contribution < -0.4 is 10.5 Å². The summed E-state index contributed by atoms with van der Waals surface area (Å²) in [5.41, 5.74) is 7.68. The molecule has 0 bridgehead atoms. The lowest BCUT2D eigenvalue weighted by Gasteiger charge is -2.08. The molecule has 0 saturated heterocycles. The molecule has 2 rings (SSSR count). The normalized spacial score (nSPS) is 12.2. The summed E-state index contributed by atoms with van der Waals surface area (Å²) in [7, 11) is 0. The van der Waals surface area contributed by atoms with Gasteiger partial charge in [-0.1, -0.05) is 35.9 Å². The Hall–Kier alpha value is -1.58. The van der Waals surface area contributed by atoms with Crippen LogP contribution in [0, 0.1) is 0 Å². The quantitative estimate of drug-likeness (QED) is 0.919. The number of pyridine rings is 1. The molecule has 1 aromatic carbocycles. The molecule has 0 fully saturated rings. The second-order valence-electron chi connectivity index (χ2n) is 4.10. The predicted molar refractivity (Wildman–Crippen MR) is 72.6 cm³/mol. The number of ether oxygens (including phenoxy) is 1. The lowest BCUT2D eigenvalue weighted by molar-refractivity contribution is 0.294. The maximum absolute atomic E-state index is 6.04. The topological polar surface area (TPSA) is 48.1 Å². The molecule has 4 heteroatoms. The average Bonchev–Trinajstić information content (AvgIpc) is 2.38. The fraction of sp³-hybridized carbons (Fsp3) is 0.214. The Balaban J connectivity index is 2.00. The van der Waals surface area contributed by atoms with Crippen LogP contribution in [0.4, 0.5) is 0 Å². The van der Waals surface area contributed by atoms with Crippen molar-refractivity contribution in [3.05, 3.63) is 58.7 Å². The summed E-state index contributed by atoms with van der Waals surface area (Å²) in [6.45, 7) is 2.32. The summed E-state index contributed by atoms with van der Waals surface area (Å²) < 4.78 is 5.57. The van der Waals surface area contributed by atoms with E-state index in [-0.39, 0.29) is 6.04 Å². The highest BCUT2D eigenvalue weighted by molar-refractivity contribution is 6.31. The number of hydrogen-bond acceptors (Lipinski definition) is 3. The lowest BCUT2D eigenvalue weighted by Crippen LogP contribution is -2.05. The van der Waals surface area contributed by atoms with Crippen molar-refractivity contribution in [3.63, 3.8) is 0 Å². The number of rotatable bonds is 4. The Labute approximate surface area is 112 Å². The Bertz CT molecular complexity index is 511. The first kappa shape index (κ1) is 12.9. The van der Waals surface area contributed by atoms with Gasteiger partial charge in [-0.2, -0.15) is 0 Å². The van der Waals surface area contributed by atoms with E-state index < -0.39 is 0 Å². The highest BCUT2D eigenvalue weighted by Gasteiger charge is 2.03. The average molecular weight is 263 g/mol. The van der Waals surface area contributed by atoms with Crippen LogP contribution in [0.15, 0.2) is 42.6 Å². The zero-order chi connectivity index (χ0) is 13.0. The van der Waals surface area contributed by atoms with Crippen molar-refractivity contribution in [2.45, 2.75) is 19.6 Å². The molecule has 18 heavy (non-hydrogen) atoms. The van der Waals surface area contributed by atoms with Gasteiger partial charge >= 0.3 is 0 Å². The summed E-state index contributed by atoms with van der Waals surface area (Å²) in [5.74, 6) is 0.569. The van der Waals surface area contributed by atoms with Crippen LogP contribution in [-0.4, -0.2) is 4.98 Å². The minimum Gasteiger partial charge on any atom is -0.473 e. The highest BCUT2D eigenvalue weighted by Crippen LogP contribution is 2.18. The van der Waals surface area contributed by atoms with E-state index in [0.717, 1.165) is 11.1 Å². The van der Waals surface area contributed by atoms with Crippen molar-refractivity contribution < 1.29 is 4.74 Å². The van der Waals surface area contributed by atoms with Crippen molar-refractivity contribution in [2.24, 2.45) is 5.73 Å². The van der Waals surface area contributed by atoms with Crippen LogP contribution in [0.2, 0.25) is 5.02 Å². The Morgan fingerprint density at radius 3 is 2.67 bits per heavy atom. The zero-order valence-electron chi connectivity index (χ0n) is 10.1. The molecule has 0 aliphatic rings. The summed E-state index contributed by atoms with van der Waals surface area (Å²) in [4.78, 5) is 4.20. The minimum absolute atomic E-state index is 0.0184. The van der Waals surface area contributed by atoms with E-state index in [1.54, 1.807) is 6.20 Å². The van der Waals surface area contributed by atoms with Gasteiger partial charge in [-0.05, 0) is 18.6 Å². The van der Waals surface area contributed by atoms with Crippen molar-refractivity contribution in [3.8, 4) is 5.88 Å². The molecule has 3 nitrogen and oxygen atoms in total. The van der Waals surface area contributed by atoms with Crippen LogP contribution in [-0.2, 0) is 6.61 Å². The summed E-state index contributed by atoms with van der Waals surface area (Å²) in [6.07, 6.45) is 1.73. The molecular weight excluding hydrogens is 248 g/mol. The fourth-order valence-electron chi connectivity index (χ4n) is 1.51. The van der Waals surface area contributed by atoms with E-state index >= 15 is 0 Å². The molecule has 0 spiro atoms. The van der Waals surface area contributed by atoms with E-state index in [0.29, 0.717) is 17.5 Å². The van der Waals surface area contributed by atoms with Gasteiger partial charge < -0.3 is 10.5 Å². The van der Waals surface area contributed by atoms with E-state index in [1.165, 1.54) is 0 Å². The maximum atomic E-state index is 6.04. The molecule has 2 aromatic rings. The summed E-state index contributed by atoms with van der Waals surface area (Å²) in [5, 5.41) is 0.699. The first-order chi connectivity index (χ1) is 8.66. The van der Waals surface area contributed by atoms with E-state index in [2.05, 4.69) is 4.98 Å². The zero-order valence-corrected chi connectivity index (χ0v) is 10.9. The molecule has 94 valence electrons. The molecule has 1 heterocycles. The summed E-state index contributed by atoms with van der Waals surface area (Å²) in [6, 6.07) is 11.3. The molecule has 2 N–H and O–H groups in total. The van der Waals surface area contributed by atoms with Gasteiger partial charge in [0.2, 0.25) is 5.88 Å². The largest absolute Gasteiger partial charge is 0.473 e. The van der Waals surface area contributed by atoms with Crippen molar-refractivity contribution in [2.75, 3.05) is 0 Å². The van der Waals surface area contributed by atoms with Gasteiger partial charge in [0, 0.05) is 28.9 Å². The van der Waals surface area contributed by atoms with Gasteiger partial charge in [-0.25, -0.2) is 4.98 Å². The SMILES string of the molecule is C[C@@H](N)c1ccc(OCc2ccccc2Cl)nc1. The van der Waals surface area contributed by atoms with E-state index in [4.69, 9.17) is 22.1 Å². The van der Waals surface area contributed by atoms with Crippen molar-refractivity contribution in [1.82, 2.24) is 4.98 Å². The second-order valence-corrected chi connectivity index (χ2v) is 4.51. The molecule has 1 aromatic heterocycles. The second kappa shape index (κ2) is 5.85. The number of benzene rings is 1. The minimum atomic E-state index is -0.0184. The lowest BCUT2D eigenvalue weighted by atomic mass is 10.2. The number of nitrogens with zero attached hydrogens (tertiary/aromatic N) is 1. The number of nitrogens with two attached hydrogens (primary N) is 1. The highest BCUT2D eigenvalue weighted by atomic mass is 35.5. The van der Waals surface area contributed by atoms with Crippen molar-refractivity contribution in [1.29, 1.82) is 0 Å². The van der Waals surface area contributed by atoms with Gasteiger partial charge in [-0.15, -0.1) is 0 Å². The third kappa shape index (κ3) is 3.22. The molecule has 0 aliphatic heterocycles. The fourth-order valence-corrected chi connectivity index (χ4v) is 1.70. The smallest absolute Gasteiger partial charge is 0.213 e. The van der Waals surface area contributed by atoms with Crippen molar-refractivity contribution >= 4 is 11.6 Å². The monoisotopic (exact) mass is 262 g/mol.